The molecule has 88 valence electrons. The Balaban J connectivity index is 2.39. The molecule has 0 aromatic heterocycles. The van der Waals surface area contributed by atoms with E-state index in [1.54, 1.807) is 4.90 Å². The Kier molecular flexibility index (Phi) is 4.39. The first-order valence-corrected chi connectivity index (χ1v) is 5.68. The van der Waals surface area contributed by atoms with Crippen LogP contribution in [0.2, 0.25) is 0 Å². The fraction of sp³-hybridized carbons (Fsp3) is 0.909. The number of hydrogen-bond donors (Lipinski definition) is 1. The minimum Gasteiger partial charge on any atom is -0.449 e. The molecule has 1 saturated heterocycles. The highest BCUT2D eigenvalue weighted by Gasteiger charge is 2.32. The second-order valence-corrected chi connectivity index (χ2v) is 4.81. The fourth-order valence-corrected chi connectivity index (χ4v) is 1.89. The molecule has 0 bridgehead atoms. The van der Waals surface area contributed by atoms with Crippen molar-refractivity contribution in [1.82, 2.24) is 4.90 Å². The van der Waals surface area contributed by atoms with Gasteiger partial charge in [0.1, 0.15) is 0 Å². The third-order valence-electron chi connectivity index (χ3n) is 2.77. The van der Waals surface area contributed by atoms with Crippen LogP contribution in [-0.2, 0) is 4.74 Å². The number of hydrogen-bond acceptors (Lipinski definition) is 3. The van der Waals surface area contributed by atoms with E-state index in [1.807, 2.05) is 20.8 Å². The Morgan fingerprint density at radius 1 is 1.60 bits per heavy atom. The van der Waals surface area contributed by atoms with Gasteiger partial charge in [-0.05, 0) is 31.7 Å². The van der Waals surface area contributed by atoms with Crippen molar-refractivity contribution in [2.45, 2.75) is 33.2 Å². The summed E-state index contributed by atoms with van der Waals surface area (Å²) in [5, 5.41) is 0. The van der Waals surface area contributed by atoms with Crippen LogP contribution in [-0.4, -0.2) is 36.7 Å². The molecule has 2 N–H and O–H groups in total. The van der Waals surface area contributed by atoms with Gasteiger partial charge in [0.05, 0.1) is 6.61 Å². The maximum atomic E-state index is 11.7. The number of rotatable bonds is 3. The lowest BCUT2D eigenvalue weighted by Gasteiger charge is -2.21. The van der Waals surface area contributed by atoms with E-state index >= 15 is 0 Å². The van der Waals surface area contributed by atoms with Gasteiger partial charge in [-0.3, -0.25) is 0 Å². The molecule has 0 radical (unpaired) electrons. The third-order valence-corrected chi connectivity index (χ3v) is 2.77. The predicted octanol–water partition coefficient (Wildman–Crippen LogP) is 1.45. The van der Waals surface area contributed by atoms with Gasteiger partial charge < -0.3 is 15.4 Å². The Bertz CT molecular complexity index is 219. The lowest BCUT2D eigenvalue weighted by Crippen LogP contribution is -2.35. The van der Waals surface area contributed by atoms with Crippen molar-refractivity contribution >= 4 is 6.09 Å². The van der Waals surface area contributed by atoms with Crippen molar-refractivity contribution < 1.29 is 9.53 Å². The maximum absolute atomic E-state index is 11.7. The van der Waals surface area contributed by atoms with Crippen LogP contribution in [0, 0.1) is 11.8 Å². The van der Waals surface area contributed by atoms with E-state index in [4.69, 9.17) is 10.5 Å². The van der Waals surface area contributed by atoms with Crippen molar-refractivity contribution in [1.29, 1.82) is 0 Å². The fourth-order valence-electron chi connectivity index (χ4n) is 1.89. The van der Waals surface area contributed by atoms with Crippen molar-refractivity contribution in [2.24, 2.45) is 17.6 Å². The molecule has 15 heavy (non-hydrogen) atoms. The summed E-state index contributed by atoms with van der Waals surface area (Å²) in [6.07, 6.45) is 0.806. The predicted molar refractivity (Wildman–Crippen MR) is 59.5 cm³/mol. The molecule has 1 aliphatic heterocycles. The highest BCUT2D eigenvalue weighted by molar-refractivity contribution is 5.68. The molecule has 1 aliphatic rings. The first-order chi connectivity index (χ1) is 7.04. The molecular weight excluding hydrogens is 192 g/mol. The van der Waals surface area contributed by atoms with Gasteiger partial charge in [-0.15, -0.1) is 0 Å². The van der Waals surface area contributed by atoms with Crippen molar-refractivity contribution in [2.75, 3.05) is 19.7 Å². The van der Waals surface area contributed by atoms with Gasteiger partial charge in [0.25, 0.3) is 0 Å². The molecule has 1 rings (SSSR count). The van der Waals surface area contributed by atoms with Gasteiger partial charge in [-0.2, -0.15) is 0 Å². The Morgan fingerprint density at radius 3 is 2.73 bits per heavy atom. The van der Waals surface area contributed by atoms with Crippen LogP contribution in [0.15, 0.2) is 0 Å². The summed E-state index contributed by atoms with van der Waals surface area (Å²) in [5.41, 5.74) is 5.60. The van der Waals surface area contributed by atoms with Crippen LogP contribution in [0.4, 0.5) is 4.79 Å². The number of nitrogens with two attached hydrogens (primary N) is 1. The Labute approximate surface area is 91.8 Å². The molecule has 0 aromatic rings. The van der Waals surface area contributed by atoms with Crippen molar-refractivity contribution in [3.05, 3.63) is 0 Å². The second-order valence-electron chi connectivity index (χ2n) is 4.81. The molecule has 1 amide bonds. The standard InChI is InChI=1S/C11H22N2O2/c1-8(2)7-15-11(14)13-6-10(5-12)4-9(13)3/h8-10H,4-7,12H2,1-3H3. The summed E-state index contributed by atoms with van der Waals surface area (Å²) in [6.45, 7) is 8.00. The first-order valence-electron chi connectivity index (χ1n) is 5.68. The van der Waals surface area contributed by atoms with Crippen LogP contribution >= 0.6 is 0 Å². The molecule has 2 unspecified atom stereocenters. The summed E-state index contributed by atoms with van der Waals surface area (Å²) < 4.78 is 5.20. The molecular formula is C11H22N2O2. The van der Waals surface area contributed by atoms with Crippen LogP contribution in [0.3, 0.4) is 0 Å². The smallest absolute Gasteiger partial charge is 0.410 e. The minimum absolute atomic E-state index is 0.188. The number of likely N-dealkylation sites (tertiary alicyclic amines) is 1. The van der Waals surface area contributed by atoms with Crippen LogP contribution in [0.1, 0.15) is 27.2 Å². The van der Waals surface area contributed by atoms with Crippen LogP contribution in [0.25, 0.3) is 0 Å². The summed E-state index contributed by atoms with van der Waals surface area (Å²) in [7, 11) is 0. The minimum atomic E-state index is -0.188. The molecule has 1 heterocycles. The molecule has 4 heteroatoms. The maximum Gasteiger partial charge on any atom is 0.410 e. The number of nitrogens with zero attached hydrogens (tertiary/aromatic N) is 1. The quantitative estimate of drug-likeness (QED) is 0.773. The lowest BCUT2D eigenvalue weighted by molar-refractivity contribution is 0.0896. The van der Waals surface area contributed by atoms with E-state index in [9.17, 15) is 4.79 Å². The molecule has 1 fully saturated rings. The third kappa shape index (κ3) is 3.38. The van der Waals surface area contributed by atoms with Gasteiger partial charge in [-0.1, -0.05) is 13.8 Å². The van der Waals surface area contributed by atoms with E-state index in [0.717, 1.165) is 13.0 Å². The van der Waals surface area contributed by atoms with E-state index in [-0.39, 0.29) is 12.1 Å². The zero-order valence-electron chi connectivity index (χ0n) is 9.90. The highest BCUT2D eigenvalue weighted by atomic mass is 16.6. The molecule has 0 aromatic carbocycles. The zero-order valence-corrected chi connectivity index (χ0v) is 9.90. The average molecular weight is 214 g/mol. The summed E-state index contributed by atoms with van der Waals surface area (Å²) in [4.78, 5) is 13.5. The summed E-state index contributed by atoms with van der Waals surface area (Å²) >= 11 is 0. The number of carbonyl (C=O) groups is 1. The van der Waals surface area contributed by atoms with E-state index in [0.29, 0.717) is 25.0 Å². The normalized spacial score (nSPS) is 26.1. The van der Waals surface area contributed by atoms with E-state index in [1.165, 1.54) is 0 Å². The van der Waals surface area contributed by atoms with Gasteiger partial charge >= 0.3 is 6.09 Å². The number of ether oxygens (including phenoxy) is 1. The summed E-state index contributed by atoms with van der Waals surface area (Å²) in [5.74, 6) is 0.823. The van der Waals surface area contributed by atoms with Gasteiger partial charge in [0.15, 0.2) is 0 Å². The summed E-state index contributed by atoms with van der Waals surface area (Å²) in [6, 6.07) is 0.262. The Morgan fingerprint density at radius 2 is 2.27 bits per heavy atom. The SMILES string of the molecule is CC(C)COC(=O)N1CC(CN)CC1C. The monoisotopic (exact) mass is 214 g/mol. The average Bonchev–Trinajstić information content (AvgIpc) is 2.56. The van der Waals surface area contributed by atoms with E-state index < -0.39 is 0 Å². The van der Waals surface area contributed by atoms with E-state index in [2.05, 4.69) is 0 Å². The lowest BCUT2D eigenvalue weighted by atomic mass is 10.1. The zero-order chi connectivity index (χ0) is 11.4. The number of carbonyl (C=O) groups excluding carboxylic acids is 1. The highest BCUT2D eigenvalue weighted by Crippen LogP contribution is 2.22. The molecule has 2 atom stereocenters. The Hall–Kier alpha value is -0.770. The molecule has 0 saturated carbocycles. The number of amides is 1. The van der Waals surface area contributed by atoms with Gasteiger partial charge in [0.2, 0.25) is 0 Å². The van der Waals surface area contributed by atoms with Gasteiger partial charge in [0, 0.05) is 12.6 Å². The van der Waals surface area contributed by atoms with Crippen LogP contribution < -0.4 is 5.73 Å². The molecule has 0 aliphatic carbocycles. The van der Waals surface area contributed by atoms with Crippen molar-refractivity contribution in [3.8, 4) is 0 Å². The van der Waals surface area contributed by atoms with Crippen LogP contribution in [0.5, 0.6) is 0 Å². The topological polar surface area (TPSA) is 55.6 Å². The molecule has 4 nitrogen and oxygen atoms in total. The second kappa shape index (κ2) is 5.35. The largest absolute Gasteiger partial charge is 0.449 e. The first kappa shape index (κ1) is 12.3. The van der Waals surface area contributed by atoms with Gasteiger partial charge in [-0.25, -0.2) is 4.79 Å². The van der Waals surface area contributed by atoms with Crippen molar-refractivity contribution in [3.63, 3.8) is 0 Å². The molecule has 0 spiro atoms.